The Bertz CT molecular complexity index is 847. The molecule has 1 fully saturated rings. The number of thioether (sulfide) groups is 2. The third-order valence-corrected chi connectivity index (χ3v) is 6.00. The topological polar surface area (TPSA) is 90.7 Å². The minimum Gasteiger partial charge on any atom is -0.456 e. The summed E-state index contributed by atoms with van der Waals surface area (Å²) in [5, 5.41) is 9.76. The third kappa shape index (κ3) is 3.71. The van der Waals surface area contributed by atoms with Crippen molar-refractivity contribution >= 4 is 46.2 Å². The molecule has 9 heteroatoms. The predicted octanol–water partition coefficient (Wildman–Crippen LogP) is 2.24. The van der Waals surface area contributed by atoms with Crippen LogP contribution in [0.15, 0.2) is 39.8 Å². The molecule has 0 N–H and O–H groups in total. The predicted molar refractivity (Wildman–Crippen MR) is 98.7 cm³/mol. The number of nitriles is 1. The van der Waals surface area contributed by atoms with Crippen LogP contribution in [0, 0.1) is 11.3 Å². The standard InChI is InChI=1S/C17H15N3O4S2/c1-19-12-4-2-3-5-14(12)26-16(19)11(8-18)13(21)10-24-15(22)9-20-6-7-25-17(20)23/h2-5H,6-7,9-10H2,1H3/b16-11+. The first-order valence-corrected chi connectivity index (χ1v) is 9.57. The molecule has 1 aromatic rings. The molecule has 1 amide bonds. The van der Waals surface area contributed by atoms with E-state index in [9.17, 15) is 19.6 Å². The third-order valence-electron chi connectivity index (χ3n) is 3.87. The summed E-state index contributed by atoms with van der Waals surface area (Å²) >= 11 is 2.48. The molecule has 3 rings (SSSR count). The van der Waals surface area contributed by atoms with E-state index < -0.39 is 18.4 Å². The fourth-order valence-electron chi connectivity index (χ4n) is 2.54. The highest BCUT2D eigenvalue weighted by atomic mass is 32.2. The highest BCUT2D eigenvalue weighted by molar-refractivity contribution is 8.13. The molecule has 1 aromatic carbocycles. The van der Waals surface area contributed by atoms with Crippen LogP contribution in [0.4, 0.5) is 10.5 Å². The lowest BCUT2D eigenvalue weighted by molar-refractivity contribution is -0.147. The first-order valence-electron chi connectivity index (χ1n) is 7.76. The molecule has 0 spiro atoms. The minimum atomic E-state index is -0.660. The number of benzene rings is 1. The van der Waals surface area contributed by atoms with Crippen molar-refractivity contribution in [2.45, 2.75) is 4.90 Å². The molecule has 0 aromatic heterocycles. The lowest BCUT2D eigenvalue weighted by Gasteiger charge is -2.15. The van der Waals surface area contributed by atoms with Gasteiger partial charge in [0.25, 0.3) is 5.24 Å². The number of carbonyl (C=O) groups is 3. The molecule has 26 heavy (non-hydrogen) atoms. The van der Waals surface area contributed by atoms with Crippen molar-refractivity contribution < 1.29 is 19.1 Å². The van der Waals surface area contributed by atoms with E-state index in [1.54, 1.807) is 11.9 Å². The number of hydrogen-bond acceptors (Lipinski definition) is 8. The molecular formula is C17H15N3O4S2. The lowest BCUT2D eigenvalue weighted by Crippen LogP contribution is -2.32. The van der Waals surface area contributed by atoms with Crippen molar-refractivity contribution in [1.82, 2.24) is 4.90 Å². The van der Waals surface area contributed by atoms with Crippen molar-refractivity contribution in [3.05, 3.63) is 34.9 Å². The Labute approximate surface area is 159 Å². The number of anilines is 1. The zero-order valence-corrected chi connectivity index (χ0v) is 15.6. The fourth-order valence-corrected chi connectivity index (χ4v) is 4.53. The smallest absolute Gasteiger partial charge is 0.326 e. The van der Waals surface area contributed by atoms with Crippen LogP contribution in [-0.4, -0.2) is 54.4 Å². The first kappa shape index (κ1) is 18.4. The number of ketones is 1. The monoisotopic (exact) mass is 389 g/mol. The molecule has 0 aliphatic carbocycles. The molecule has 0 radical (unpaired) electrons. The molecule has 134 valence electrons. The van der Waals surface area contributed by atoms with Gasteiger partial charge in [-0.3, -0.25) is 14.4 Å². The maximum atomic E-state index is 12.4. The Morgan fingerprint density at radius 1 is 1.35 bits per heavy atom. The highest BCUT2D eigenvalue weighted by Crippen LogP contribution is 2.46. The SMILES string of the molecule is CN1/C(=C(/C#N)C(=O)COC(=O)CN2CCSC2=O)Sc2ccccc21. The number of carbonyl (C=O) groups excluding carboxylic acids is 3. The van der Waals surface area contributed by atoms with Gasteiger partial charge in [-0.2, -0.15) is 5.26 Å². The van der Waals surface area contributed by atoms with Gasteiger partial charge in [-0.25, -0.2) is 0 Å². The summed E-state index contributed by atoms with van der Waals surface area (Å²) in [6, 6.07) is 9.50. The Hall–Kier alpha value is -2.44. The van der Waals surface area contributed by atoms with Crippen LogP contribution >= 0.6 is 23.5 Å². The van der Waals surface area contributed by atoms with Gasteiger partial charge in [0.05, 0.1) is 5.69 Å². The molecular weight excluding hydrogens is 374 g/mol. The summed E-state index contributed by atoms with van der Waals surface area (Å²) in [5.41, 5.74) is 0.865. The van der Waals surface area contributed by atoms with E-state index in [2.05, 4.69) is 0 Å². The van der Waals surface area contributed by atoms with Crippen LogP contribution < -0.4 is 4.90 Å². The molecule has 0 saturated carbocycles. The molecule has 0 atom stereocenters. The molecule has 1 saturated heterocycles. The van der Waals surface area contributed by atoms with Gasteiger partial charge in [0.1, 0.15) is 23.2 Å². The maximum Gasteiger partial charge on any atom is 0.326 e. The molecule has 2 heterocycles. The Morgan fingerprint density at radius 2 is 2.12 bits per heavy atom. The second kappa shape index (κ2) is 7.85. The zero-order chi connectivity index (χ0) is 18.7. The Balaban J connectivity index is 1.64. The molecule has 2 aliphatic rings. The van der Waals surface area contributed by atoms with E-state index in [0.717, 1.165) is 22.3 Å². The summed E-state index contributed by atoms with van der Waals surface area (Å²) in [7, 11) is 1.78. The summed E-state index contributed by atoms with van der Waals surface area (Å²) in [5.74, 6) is -0.586. The van der Waals surface area contributed by atoms with E-state index in [1.807, 2.05) is 30.3 Å². The van der Waals surface area contributed by atoms with Crippen molar-refractivity contribution in [2.24, 2.45) is 0 Å². The molecule has 2 aliphatic heterocycles. The average molecular weight is 389 g/mol. The summed E-state index contributed by atoms with van der Waals surface area (Å²) in [6.07, 6.45) is 0. The number of fused-ring (bicyclic) bond motifs is 1. The number of Topliss-reactive ketones (excluding diaryl/α,β-unsaturated/α-hetero) is 1. The van der Waals surface area contributed by atoms with E-state index in [1.165, 1.54) is 16.7 Å². The minimum absolute atomic E-state index is 0.0469. The van der Waals surface area contributed by atoms with Gasteiger partial charge < -0.3 is 14.5 Å². The normalized spacial score (nSPS) is 17.8. The number of hydrogen-bond donors (Lipinski definition) is 0. The second-order valence-electron chi connectivity index (χ2n) is 5.54. The van der Waals surface area contributed by atoms with Gasteiger partial charge in [0.2, 0.25) is 5.78 Å². The van der Waals surface area contributed by atoms with Crippen molar-refractivity contribution in [3.8, 4) is 6.07 Å². The maximum absolute atomic E-state index is 12.4. The number of esters is 1. The molecule has 0 bridgehead atoms. The van der Waals surface area contributed by atoms with Gasteiger partial charge in [-0.15, -0.1) is 0 Å². The average Bonchev–Trinajstić information content (AvgIpc) is 3.18. The lowest BCUT2D eigenvalue weighted by atomic mass is 10.2. The summed E-state index contributed by atoms with van der Waals surface area (Å²) < 4.78 is 4.96. The van der Waals surface area contributed by atoms with Crippen molar-refractivity contribution in [2.75, 3.05) is 37.4 Å². The Morgan fingerprint density at radius 3 is 2.77 bits per heavy atom. The number of rotatable bonds is 5. The van der Waals surface area contributed by atoms with Crippen LogP contribution in [0.3, 0.4) is 0 Å². The number of nitrogens with zero attached hydrogens (tertiary/aromatic N) is 3. The molecule has 0 unspecified atom stereocenters. The Kier molecular flexibility index (Phi) is 5.54. The zero-order valence-electron chi connectivity index (χ0n) is 13.9. The van der Waals surface area contributed by atoms with Crippen molar-refractivity contribution in [3.63, 3.8) is 0 Å². The number of ether oxygens (including phenoxy) is 1. The van der Waals surface area contributed by atoms with Gasteiger partial charge in [0, 0.05) is 24.2 Å². The quantitative estimate of drug-likeness (QED) is 0.430. The van der Waals surface area contributed by atoms with E-state index in [-0.39, 0.29) is 17.4 Å². The summed E-state index contributed by atoms with van der Waals surface area (Å²) in [4.78, 5) is 39.8. The van der Waals surface area contributed by atoms with E-state index >= 15 is 0 Å². The van der Waals surface area contributed by atoms with Crippen LogP contribution in [0.5, 0.6) is 0 Å². The van der Waals surface area contributed by atoms with Crippen LogP contribution in [-0.2, 0) is 14.3 Å². The van der Waals surface area contributed by atoms with Gasteiger partial charge in [-0.05, 0) is 12.1 Å². The largest absolute Gasteiger partial charge is 0.456 e. The first-order chi connectivity index (χ1) is 12.5. The second-order valence-corrected chi connectivity index (χ2v) is 7.62. The number of para-hydroxylation sites is 1. The van der Waals surface area contributed by atoms with E-state index in [4.69, 9.17) is 4.74 Å². The van der Waals surface area contributed by atoms with Gasteiger partial charge in [-0.1, -0.05) is 35.7 Å². The fraction of sp³-hybridized carbons (Fsp3) is 0.294. The van der Waals surface area contributed by atoms with Crippen LogP contribution in [0.2, 0.25) is 0 Å². The summed E-state index contributed by atoms with van der Waals surface area (Å²) in [6.45, 7) is -0.220. The number of amides is 1. The van der Waals surface area contributed by atoms with Crippen LogP contribution in [0.1, 0.15) is 0 Å². The van der Waals surface area contributed by atoms with Crippen molar-refractivity contribution in [1.29, 1.82) is 5.26 Å². The molecule has 7 nitrogen and oxygen atoms in total. The van der Waals surface area contributed by atoms with E-state index in [0.29, 0.717) is 17.3 Å². The van der Waals surface area contributed by atoms with Gasteiger partial charge >= 0.3 is 5.97 Å². The highest BCUT2D eigenvalue weighted by Gasteiger charge is 2.29. The van der Waals surface area contributed by atoms with Crippen LogP contribution in [0.25, 0.3) is 0 Å². The van der Waals surface area contributed by atoms with Gasteiger partial charge in [0.15, 0.2) is 6.61 Å².